The van der Waals surface area contributed by atoms with Gasteiger partial charge in [-0.3, -0.25) is 0 Å². The Morgan fingerprint density at radius 1 is 0.177 bits per heavy atom. The zero-order chi connectivity index (χ0) is 75.0. The normalized spacial score (nSPS) is 12.2. The standard InChI is InChI=1S/C108H60N4.Ni/c1-13-37-77(38-14-1)61-69-89-90(70-62-78-39-15-2-16-40-78)102-98(86-55-31-10-32-56-86)104-93(73-65-81-45-21-5-22-46-81)94(74-66-82-47-23-6-24-48-82)106(111-104)100(88-59-35-12-36-60-88)108-96(76-68-84-51-27-8-28-52-84)95(75-67-83-49-25-7-26-50-83)107(112-108)99(87-57-33-11-34-58-87)105-92(72-64-80-43-19-4-20-44-80)91(71-63-79-41-17-3-18-42-79)103(110-105)97(101(89)109-102)85-53-29-9-30-54-85;/h1-60H;/q-2;+2. The topological polar surface area (TPSA) is 52.9 Å². The Hall–Kier alpha value is -15.8. The Bertz CT molecular complexity index is 6480. The van der Waals surface area contributed by atoms with E-state index in [2.05, 4.69) is 143 Å². The van der Waals surface area contributed by atoms with E-state index in [1.807, 2.05) is 315 Å². The fraction of sp³-hybridized carbons (Fsp3) is 0. The van der Waals surface area contributed by atoms with E-state index in [4.69, 9.17) is 20.0 Å². The number of aliphatic imine (C=N–C) groups is 2. The van der Waals surface area contributed by atoms with Gasteiger partial charge in [-0.05, 0) is 142 Å². The SMILES string of the molecule is C(#Cc1ccccc1)C1=C(C#Cc2ccccc2)C2=C(c3ccccc3)c3[n-]c(c(C#Cc4ccccc4)c3C#Cc3ccccc3)C(c3ccccc3)=C3N=C(C(C#Cc4ccccc4)=C3C#Cc3ccccc3)C(c3ccccc3)=c3[n-]c(c(C#Cc4ccccc4)c3C#Cc3ccccc3)=C(c3ccccc3)C1=N2.[Ni+2]. The van der Waals surface area contributed by atoms with Gasteiger partial charge in [0.1, 0.15) is 0 Å². The van der Waals surface area contributed by atoms with Crippen LogP contribution in [0.2, 0.25) is 0 Å². The maximum Gasteiger partial charge on any atom is 2.00 e. The van der Waals surface area contributed by atoms with Gasteiger partial charge < -0.3 is 9.97 Å². The van der Waals surface area contributed by atoms with Gasteiger partial charge in [-0.1, -0.05) is 362 Å². The van der Waals surface area contributed by atoms with Crippen LogP contribution in [-0.2, 0) is 16.5 Å². The van der Waals surface area contributed by atoms with Crippen LogP contribution >= 0.6 is 0 Å². The fourth-order valence-electron chi connectivity index (χ4n) is 13.5. The third-order valence-electron chi connectivity index (χ3n) is 18.8. The van der Waals surface area contributed by atoms with Gasteiger partial charge in [-0.15, -0.1) is 22.1 Å². The van der Waals surface area contributed by atoms with Crippen LogP contribution in [0.4, 0.5) is 0 Å². The Labute approximate surface area is 668 Å². The van der Waals surface area contributed by atoms with Crippen LogP contribution in [0.25, 0.3) is 22.3 Å². The quantitative estimate of drug-likeness (QED) is 0.130. The van der Waals surface area contributed by atoms with E-state index >= 15 is 0 Å². The number of aromatic nitrogens is 2. The maximum atomic E-state index is 6.22. The van der Waals surface area contributed by atoms with Crippen molar-refractivity contribution >= 4 is 33.7 Å². The molecule has 17 rings (SSSR count). The van der Waals surface area contributed by atoms with E-state index in [9.17, 15) is 0 Å². The second kappa shape index (κ2) is 34.0. The number of nitrogens with zero attached hydrogens (tertiary/aromatic N) is 4. The van der Waals surface area contributed by atoms with Gasteiger partial charge in [0.15, 0.2) is 0 Å². The van der Waals surface area contributed by atoms with Crippen LogP contribution in [0.1, 0.15) is 100 Å². The Morgan fingerprint density at radius 3 is 0.611 bits per heavy atom. The van der Waals surface area contributed by atoms with Crippen LogP contribution < -0.4 is 20.7 Å². The van der Waals surface area contributed by atoms with Crippen LogP contribution in [-0.4, -0.2) is 11.4 Å². The van der Waals surface area contributed by atoms with Crippen molar-refractivity contribution in [3.63, 3.8) is 0 Å². The number of fused-ring (bicyclic) bond motifs is 10. The summed E-state index contributed by atoms with van der Waals surface area (Å²) in [6.07, 6.45) is 0. The largest absolute Gasteiger partial charge is 2.00 e. The average molecular weight is 1470 g/mol. The molecule has 113 heavy (non-hydrogen) atoms. The zero-order valence-corrected chi connectivity index (χ0v) is 61.7. The molecule has 1 aliphatic carbocycles. The first-order chi connectivity index (χ1) is 55.6. The van der Waals surface area contributed by atoms with Crippen LogP contribution in [0, 0.1) is 94.7 Å². The van der Waals surface area contributed by atoms with E-state index in [0.29, 0.717) is 112 Å². The van der Waals surface area contributed by atoms with Gasteiger partial charge in [0.05, 0.1) is 45.1 Å². The van der Waals surface area contributed by atoms with Crippen molar-refractivity contribution in [1.82, 2.24) is 9.97 Å². The molecule has 0 spiro atoms. The van der Waals surface area contributed by atoms with E-state index in [1.54, 1.807) is 0 Å². The summed E-state index contributed by atoms with van der Waals surface area (Å²) in [5.74, 6) is 59.6. The van der Waals surface area contributed by atoms with Gasteiger partial charge >= 0.3 is 16.5 Å². The van der Waals surface area contributed by atoms with Crippen LogP contribution in [0.3, 0.4) is 0 Å². The van der Waals surface area contributed by atoms with Crippen molar-refractivity contribution in [2.24, 2.45) is 9.98 Å². The molecule has 0 saturated carbocycles. The molecule has 2 aromatic heterocycles. The minimum Gasteiger partial charge on any atom is -0.655 e. The third kappa shape index (κ3) is 15.8. The molecule has 522 valence electrons. The second-order valence-corrected chi connectivity index (χ2v) is 26.1. The minimum absolute atomic E-state index is 0. The van der Waals surface area contributed by atoms with Crippen molar-refractivity contribution in [3.05, 3.63) is 509 Å². The number of rotatable bonds is 4. The third-order valence-corrected chi connectivity index (χ3v) is 18.8. The summed E-state index contributed by atoms with van der Waals surface area (Å²) in [5.41, 5.74) is 18.8. The molecular formula is C108H60N4Ni. The summed E-state index contributed by atoms with van der Waals surface area (Å²) in [7, 11) is 0. The van der Waals surface area contributed by atoms with Crippen LogP contribution in [0.15, 0.2) is 408 Å². The number of allylic oxidation sites excluding steroid dienone is 4. The Morgan fingerprint density at radius 2 is 0.372 bits per heavy atom. The first-order valence-electron chi connectivity index (χ1n) is 36.7. The van der Waals surface area contributed by atoms with E-state index in [1.165, 1.54) is 0 Å². The summed E-state index contributed by atoms with van der Waals surface area (Å²) in [4.78, 5) is 24.9. The number of benzene rings is 12. The van der Waals surface area contributed by atoms with E-state index < -0.39 is 0 Å². The molecular weight excluding hydrogens is 1410 g/mol. The molecule has 4 nitrogen and oxygen atoms in total. The minimum atomic E-state index is 0. The first-order valence-corrected chi connectivity index (χ1v) is 36.7. The molecule has 0 radical (unpaired) electrons. The molecule has 12 aromatic carbocycles. The fourth-order valence-corrected chi connectivity index (χ4v) is 13.5. The van der Waals surface area contributed by atoms with E-state index in [-0.39, 0.29) is 16.5 Å². The summed E-state index contributed by atoms with van der Waals surface area (Å²) in [6, 6.07) is 121. The van der Waals surface area contributed by atoms with Gasteiger partial charge in [0.25, 0.3) is 0 Å². The Kier molecular flexibility index (Phi) is 21.5. The molecule has 0 atom stereocenters. The molecule has 4 heterocycles. The van der Waals surface area contributed by atoms with Crippen molar-refractivity contribution in [2.75, 3.05) is 0 Å². The van der Waals surface area contributed by atoms with Gasteiger partial charge in [-0.25, -0.2) is 9.98 Å². The summed E-state index contributed by atoms with van der Waals surface area (Å²) < 4.78 is 0. The van der Waals surface area contributed by atoms with Gasteiger partial charge in [0.2, 0.25) is 0 Å². The maximum absolute atomic E-state index is 6.22. The summed E-state index contributed by atoms with van der Waals surface area (Å²) in [5, 5.41) is 0.952. The van der Waals surface area contributed by atoms with Gasteiger partial charge in [0, 0.05) is 66.8 Å². The summed E-state index contributed by atoms with van der Waals surface area (Å²) >= 11 is 0. The molecule has 2 aliphatic heterocycles. The zero-order valence-electron chi connectivity index (χ0n) is 60.7. The molecule has 8 bridgehead atoms. The summed E-state index contributed by atoms with van der Waals surface area (Å²) in [6.45, 7) is 0. The van der Waals surface area contributed by atoms with Crippen molar-refractivity contribution < 1.29 is 16.5 Å². The van der Waals surface area contributed by atoms with Crippen LogP contribution in [0.5, 0.6) is 0 Å². The van der Waals surface area contributed by atoms with Crippen molar-refractivity contribution in [1.29, 1.82) is 0 Å². The Balaban J connectivity index is 0.00000964. The first kappa shape index (κ1) is 71.5. The number of hydrogen-bond donors (Lipinski definition) is 0. The molecule has 0 fully saturated rings. The molecule has 0 saturated heterocycles. The molecule has 0 unspecified atom stereocenters. The molecule has 3 aliphatic rings. The number of hydrogen-bond acceptors (Lipinski definition) is 2. The molecule has 14 aromatic rings. The smallest absolute Gasteiger partial charge is 0.655 e. The van der Waals surface area contributed by atoms with Crippen molar-refractivity contribution in [3.8, 4) is 94.7 Å². The molecule has 0 N–H and O–H groups in total. The molecule has 0 amide bonds. The monoisotopic (exact) mass is 1470 g/mol. The van der Waals surface area contributed by atoms with E-state index in [0.717, 1.165) is 66.8 Å². The van der Waals surface area contributed by atoms with Crippen molar-refractivity contribution in [2.45, 2.75) is 0 Å². The second-order valence-electron chi connectivity index (χ2n) is 26.1. The predicted molar refractivity (Wildman–Crippen MR) is 453 cm³/mol. The predicted octanol–water partition coefficient (Wildman–Crippen LogP) is 18.5. The van der Waals surface area contributed by atoms with Gasteiger partial charge in [-0.2, -0.15) is 0 Å². The molecule has 5 heteroatoms. The average Bonchev–Trinajstić information content (AvgIpc) is 1.57.